The number of carboxylic acid groups (broad SMARTS) is 1. The van der Waals surface area contributed by atoms with Crippen LogP contribution in [0.2, 0.25) is 0 Å². The van der Waals surface area contributed by atoms with Crippen LogP contribution >= 0.6 is 0 Å². The van der Waals surface area contributed by atoms with Gasteiger partial charge in [-0.1, -0.05) is 5.21 Å². The van der Waals surface area contributed by atoms with Crippen molar-refractivity contribution in [1.82, 2.24) is 25.2 Å². The summed E-state index contributed by atoms with van der Waals surface area (Å²) in [6, 6.07) is 4.27. The van der Waals surface area contributed by atoms with E-state index in [0.717, 1.165) is 0 Å². The van der Waals surface area contributed by atoms with Crippen LogP contribution in [-0.2, 0) is 16.1 Å². The maximum absolute atomic E-state index is 12.6. The van der Waals surface area contributed by atoms with Crippen molar-refractivity contribution in [2.24, 2.45) is 0 Å². The van der Waals surface area contributed by atoms with E-state index in [-0.39, 0.29) is 30.5 Å². The average Bonchev–Trinajstić information content (AvgIpc) is 3.20. The quantitative estimate of drug-likeness (QED) is 0.723. The van der Waals surface area contributed by atoms with E-state index < -0.39 is 17.9 Å². The molecule has 0 aliphatic carbocycles. The minimum absolute atomic E-state index is 0.188. The van der Waals surface area contributed by atoms with Crippen LogP contribution in [0, 0.1) is 0 Å². The fourth-order valence-corrected chi connectivity index (χ4v) is 3.19. The minimum Gasteiger partial charge on any atom is -0.476 e. The summed E-state index contributed by atoms with van der Waals surface area (Å²) in [5.74, 6) is -2.26. The Kier molecular flexibility index (Phi) is 3.53. The van der Waals surface area contributed by atoms with Gasteiger partial charge in [0.2, 0.25) is 11.8 Å². The first kappa shape index (κ1) is 15.9. The third kappa shape index (κ3) is 2.51. The van der Waals surface area contributed by atoms with Gasteiger partial charge in [0.05, 0.1) is 11.9 Å². The largest absolute Gasteiger partial charge is 0.476 e. The maximum Gasteiger partial charge on any atom is 0.358 e. The Morgan fingerprint density at radius 2 is 2.08 bits per heavy atom. The second-order valence-electron chi connectivity index (χ2n) is 6.09. The molecule has 2 N–H and O–H groups in total. The van der Waals surface area contributed by atoms with Crippen LogP contribution in [0.5, 0.6) is 0 Å². The Morgan fingerprint density at radius 3 is 2.77 bits per heavy atom. The molecule has 0 bridgehead atoms. The van der Waals surface area contributed by atoms with Gasteiger partial charge in [-0.2, -0.15) is 0 Å². The normalized spacial score (nSPS) is 19.5. The summed E-state index contributed by atoms with van der Waals surface area (Å²) < 4.78 is 1.31. The number of amides is 3. The van der Waals surface area contributed by atoms with E-state index >= 15 is 0 Å². The van der Waals surface area contributed by atoms with Crippen molar-refractivity contribution >= 4 is 23.7 Å². The standard InChI is InChI=1S/C16H13N5O5/c22-13-4-3-12(14(23)17-13)20-6-8-5-9(1-2-10(8)15(20)24)21-7-11(16(25)26)18-19-21/h1-2,5,7,12H,3-4,6H2,(H,25,26)(H,17,22,23). The number of carboxylic acids is 1. The number of piperidine rings is 1. The van der Waals surface area contributed by atoms with Gasteiger partial charge in [-0.05, 0) is 30.2 Å². The average molecular weight is 355 g/mol. The fraction of sp³-hybridized carbons (Fsp3) is 0.250. The number of hydrogen-bond donors (Lipinski definition) is 2. The molecule has 2 aromatic rings. The van der Waals surface area contributed by atoms with Gasteiger partial charge in [-0.25, -0.2) is 9.48 Å². The molecule has 26 heavy (non-hydrogen) atoms. The molecule has 1 saturated heterocycles. The first-order valence-corrected chi connectivity index (χ1v) is 7.87. The number of carbonyl (C=O) groups excluding carboxylic acids is 3. The van der Waals surface area contributed by atoms with Crippen LogP contribution < -0.4 is 5.32 Å². The lowest BCUT2D eigenvalue weighted by atomic mass is 10.0. The van der Waals surface area contributed by atoms with E-state index in [4.69, 9.17) is 5.11 Å². The van der Waals surface area contributed by atoms with Gasteiger partial charge in [-0.15, -0.1) is 5.10 Å². The van der Waals surface area contributed by atoms with Crippen LogP contribution in [0.25, 0.3) is 5.69 Å². The number of benzene rings is 1. The Morgan fingerprint density at radius 1 is 1.27 bits per heavy atom. The smallest absolute Gasteiger partial charge is 0.358 e. The third-order valence-corrected chi connectivity index (χ3v) is 4.48. The SMILES string of the molecule is O=C1CCC(N2Cc3cc(-n4cc(C(=O)O)nn4)ccc3C2=O)C(=O)N1. The molecule has 132 valence electrons. The van der Waals surface area contributed by atoms with Crippen molar-refractivity contribution in [3.8, 4) is 5.69 Å². The van der Waals surface area contributed by atoms with Crippen molar-refractivity contribution in [3.63, 3.8) is 0 Å². The molecule has 10 heteroatoms. The van der Waals surface area contributed by atoms with Gasteiger partial charge < -0.3 is 10.0 Å². The summed E-state index contributed by atoms with van der Waals surface area (Å²) in [6.45, 7) is 0.231. The zero-order chi connectivity index (χ0) is 18.4. The molecule has 3 amide bonds. The molecule has 10 nitrogen and oxygen atoms in total. The summed E-state index contributed by atoms with van der Waals surface area (Å²) >= 11 is 0. The zero-order valence-electron chi connectivity index (χ0n) is 13.4. The van der Waals surface area contributed by atoms with E-state index in [9.17, 15) is 19.2 Å². The fourth-order valence-electron chi connectivity index (χ4n) is 3.19. The zero-order valence-corrected chi connectivity index (χ0v) is 13.4. The lowest BCUT2D eigenvalue weighted by Gasteiger charge is -2.29. The predicted octanol–water partition coefficient (Wildman–Crippen LogP) is -0.273. The molecule has 1 aromatic carbocycles. The Bertz CT molecular complexity index is 966. The van der Waals surface area contributed by atoms with E-state index in [1.165, 1.54) is 15.8 Å². The number of hydrogen-bond acceptors (Lipinski definition) is 6. The number of aromatic nitrogens is 3. The molecule has 4 rings (SSSR count). The summed E-state index contributed by atoms with van der Waals surface area (Å²) in [4.78, 5) is 48.3. The molecule has 2 aliphatic heterocycles. The number of nitrogens with one attached hydrogen (secondary N) is 1. The number of carbonyl (C=O) groups is 4. The third-order valence-electron chi connectivity index (χ3n) is 4.48. The summed E-state index contributed by atoms with van der Waals surface area (Å²) in [5.41, 5.74) is 1.54. The lowest BCUT2D eigenvalue weighted by Crippen LogP contribution is -2.52. The van der Waals surface area contributed by atoms with Gasteiger partial charge in [0.25, 0.3) is 5.91 Å². The molecule has 1 atom stereocenters. The second kappa shape index (κ2) is 5.76. The lowest BCUT2D eigenvalue weighted by molar-refractivity contribution is -0.136. The summed E-state index contributed by atoms with van der Waals surface area (Å²) in [6.07, 6.45) is 1.76. The molecule has 2 aliphatic rings. The molecule has 1 fully saturated rings. The molecule has 1 aromatic heterocycles. The van der Waals surface area contributed by atoms with Crippen molar-refractivity contribution in [1.29, 1.82) is 0 Å². The maximum atomic E-state index is 12.6. The molecule has 0 radical (unpaired) electrons. The first-order valence-electron chi connectivity index (χ1n) is 7.87. The van der Waals surface area contributed by atoms with Crippen molar-refractivity contribution in [2.75, 3.05) is 0 Å². The second-order valence-corrected chi connectivity index (χ2v) is 6.09. The molecular weight excluding hydrogens is 342 g/mol. The highest BCUT2D eigenvalue weighted by Crippen LogP contribution is 2.28. The molecule has 0 spiro atoms. The number of imide groups is 1. The number of aromatic carboxylic acids is 1. The number of nitrogens with zero attached hydrogens (tertiary/aromatic N) is 4. The van der Waals surface area contributed by atoms with Crippen LogP contribution in [-0.4, -0.2) is 54.7 Å². The predicted molar refractivity (Wildman–Crippen MR) is 84.4 cm³/mol. The Labute approximate surface area is 146 Å². The monoisotopic (exact) mass is 355 g/mol. The van der Waals surface area contributed by atoms with Gasteiger partial charge in [0.15, 0.2) is 5.69 Å². The van der Waals surface area contributed by atoms with Crippen molar-refractivity contribution in [3.05, 3.63) is 41.2 Å². The molecule has 1 unspecified atom stereocenters. The van der Waals surface area contributed by atoms with E-state index in [1.807, 2.05) is 0 Å². The highest BCUT2D eigenvalue weighted by molar-refractivity contribution is 6.05. The van der Waals surface area contributed by atoms with Gasteiger partial charge >= 0.3 is 5.97 Å². The number of fused-ring (bicyclic) bond motifs is 1. The molecular formula is C16H13N5O5. The van der Waals surface area contributed by atoms with Gasteiger partial charge in [0.1, 0.15) is 6.04 Å². The van der Waals surface area contributed by atoms with Gasteiger partial charge in [0, 0.05) is 18.5 Å². The minimum atomic E-state index is -1.18. The van der Waals surface area contributed by atoms with Gasteiger partial charge in [-0.3, -0.25) is 19.7 Å². The van der Waals surface area contributed by atoms with Crippen molar-refractivity contribution < 1.29 is 24.3 Å². The van der Waals surface area contributed by atoms with E-state index in [1.54, 1.807) is 18.2 Å². The summed E-state index contributed by atoms with van der Waals surface area (Å²) in [7, 11) is 0. The molecule has 0 saturated carbocycles. The van der Waals surface area contributed by atoms with Crippen LogP contribution in [0.15, 0.2) is 24.4 Å². The van der Waals surface area contributed by atoms with E-state index in [2.05, 4.69) is 15.6 Å². The van der Waals surface area contributed by atoms with Crippen LogP contribution in [0.1, 0.15) is 39.3 Å². The summed E-state index contributed by atoms with van der Waals surface area (Å²) in [5, 5.41) is 18.5. The van der Waals surface area contributed by atoms with E-state index in [0.29, 0.717) is 23.2 Å². The van der Waals surface area contributed by atoms with Crippen LogP contribution in [0.3, 0.4) is 0 Å². The highest BCUT2D eigenvalue weighted by Gasteiger charge is 2.39. The Balaban J connectivity index is 1.61. The highest BCUT2D eigenvalue weighted by atomic mass is 16.4. The topological polar surface area (TPSA) is 134 Å². The Hall–Kier alpha value is -3.56. The number of rotatable bonds is 3. The van der Waals surface area contributed by atoms with Crippen molar-refractivity contribution in [2.45, 2.75) is 25.4 Å². The van der Waals surface area contributed by atoms with Crippen LogP contribution in [0.4, 0.5) is 0 Å². The first-order chi connectivity index (χ1) is 12.4. The molecule has 3 heterocycles.